The number of carbonyl (C=O) groups is 1. The maximum absolute atomic E-state index is 12.3. The molecule has 5 nitrogen and oxygen atoms in total. The zero-order chi connectivity index (χ0) is 14.8. The van der Waals surface area contributed by atoms with Crippen LogP contribution in [0, 0.1) is 0 Å². The molecule has 2 aromatic rings. The first-order valence-corrected chi connectivity index (χ1v) is 8.50. The second-order valence-corrected chi connectivity index (χ2v) is 6.67. The molecule has 2 atom stereocenters. The smallest absolute Gasteiger partial charge is 0.323 e. The molecular formula is C15H19N3O2S. The number of benzene rings is 1. The summed E-state index contributed by atoms with van der Waals surface area (Å²) in [4.78, 5) is 28.9. The summed E-state index contributed by atoms with van der Waals surface area (Å²) < 4.78 is 0. The Morgan fingerprint density at radius 1 is 1.29 bits per heavy atom. The van der Waals surface area contributed by atoms with E-state index in [1.165, 1.54) is 12.8 Å². The van der Waals surface area contributed by atoms with E-state index in [-0.39, 0.29) is 17.6 Å². The molecular weight excluding hydrogens is 286 g/mol. The van der Waals surface area contributed by atoms with E-state index in [2.05, 4.69) is 21.5 Å². The molecule has 1 fully saturated rings. The van der Waals surface area contributed by atoms with E-state index in [9.17, 15) is 9.59 Å². The Hall–Kier alpha value is -1.69. The van der Waals surface area contributed by atoms with Crippen LogP contribution in [0.5, 0.6) is 0 Å². The Kier molecular flexibility index (Phi) is 4.05. The molecule has 3 rings (SSSR count). The Morgan fingerprint density at radius 3 is 2.90 bits per heavy atom. The van der Waals surface area contributed by atoms with Crippen LogP contribution in [-0.4, -0.2) is 33.4 Å². The molecule has 0 aliphatic heterocycles. The summed E-state index contributed by atoms with van der Waals surface area (Å²) in [5.74, 6) is -0.0642. The second-order valence-electron chi connectivity index (χ2n) is 5.53. The summed E-state index contributed by atoms with van der Waals surface area (Å²) in [6, 6.07) is 5.48. The summed E-state index contributed by atoms with van der Waals surface area (Å²) in [5.41, 5.74) is 1.72. The highest BCUT2D eigenvalue weighted by atomic mass is 32.2. The van der Waals surface area contributed by atoms with Crippen molar-refractivity contribution in [3.8, 4) is 0 Å². The number of hydrogen-bond donors (Lipinski definition) is 3. The minimum absolute atomic E-state index is 0.0642. The van der Waals surface area contributed by atoms with Crippen molar-refractivity contribution >= 4 is 28.7 Å². The van der Waals surface area contributed by atoms with Gasteiger partial charge in [-0.3, -0.25) is 4.79 Å². The maximum Gasteiger partial charge on any atom is 0.323 e. The number of aromatic nitrogens is 2. The number of thioether (sulfide) groups is 1. The molecule has 1 aliphatic rings. The summed E-state index contributed by atoms with van der Waals surface area (Å²) >= 11 is 1.88. The standard InChI is InChI=1S/C15H19N3O2S/c1-21-11-4-2-3-10(8-11)16-14(19)9-5-6-12-13(7-9)18-15(20)17-12/h5-7,10-11H,2-4,8H2,1H3,(H,16,19)(H2,17,18,20)/t10-,11+/m0/s1. The van der Waals surface area contributed by atoms with E-state index in [4.69, 9.17) is 0 Å². The monoisotopic (exact) mass is 305 g/mol. The Morgan fingerprint density at radius 2 is 2.10 bits per heavy atom. The summed E-state index contributed by atoms with van der Waals surface area (Å²) in [7, 11) is 0. The van der Waals surface area contributed by atoms with Gasteiger partial charge in [0.15, 0.2) is 0 Å². The van der Waals surface area contributed by atoms with Gasteiger partial charge in [0.25, 0.3) is 5.91 Å². The molecule has 0 bridgehead atoms. The third kappa shape index (κ3) is 3.15. The van der Waals surface area contributed by atoms with Crippen LogP contribution in [0.1, 0.15) is 36.0 Å². The molecule has 112 valence electrons. The Bertz CT molecular complexity index is 706. The van der Waals surface area contributed by atoms with Crippen molar-refractivity contribution in [3.05, 3.63) is 34.2 Å². The normalized spacial score (nSPS) is 22.3. The molecule has 3 N–H and O–H groups in total. The number of amides is 1. The molecule has 0 saturated heterocycles. The van der Waals surface area contributed by atoms with Crippen LogP contribution in [0.4, 0.5) is 0 Å². The van der Waals surface area contributed by atoms with Crippen LogP contribution in [-0.2, 0) is 0 Å². The van der Waals surface area contributed by atoms with Gasteiger partial charge in [-0.1, -0.05) is 6.42 Å². The Labute approximate surface area is 126 Å². The first kappa shape index (κ1) is 14.3. The summed E-state index contributed by atoms with van der Waals surface area (Å²) in [5, 5.41) is 3.76. The fraction of sp³-hybridized carbons (Fsp3) is 0.467. The maximum atomic E-state index is 12.3. The number of imidazole rings is 1. The average Bonchev–Trinajstić information content (AvgIpc) is 2.86. The van der Waals surface area contributed by atoms with Crippen molar-refractivity contribution in [1.82, 2.24) is 15.3 Å². The SMILES string of the molecule is CS[C@@H]1CCC[C@H](NC(=O)c2ccc3[nH]c(=O)[nH]c3c2)C1. The van der Waals surface area contributed by atoms with Gasteiger partial charge in [0.05, 0.1) is 11.0 Å². The van der Waals surface area contributed by atoms with Gasteiger partial charge < -0.3 is 15.3 Å². The summed E-state index contributed by atoms with van der Waals surface area (Å²) in [6.45, 7) is 0. The van der Waals surface area contributed by atoms with E-state index < -0.39 is 0 Å². The van der Waals surface area contributed by atoms with Gasteiger partial charge in [-0.25, -0.2) is 4.79 Å². The van der Waals surface area contributed by atoms with Gasteiger partial charge in [0, 0.05) is 16.9 Å². The molecule has 0 spiro atoms. The Balaban J connectivity index is 1.72. The molecule has 21 heavy (non-hydrogen) atoms. The lowest BCUT2D eigenvalue weighted by atomic mass is 9.94. The number of fused-ring (bicyclic) bond motifs is 1. The number of rotatable bonds is 3. The molecule has 1 aromatic heterocycles. The van der Waals surface area contributed by atoms with Gasteiger partial charge in [0.2, 0.25) is 0 Å². The van der Waals surface area contributed by atoms with Gasteiger partial charge >= 0.3 is 5.69 Å². The van der Waals surface area contributed by atoms with E-state index in [1.54, 1.807) is 18.2 Å². The number of nitrogens with one attached hydrogen (secondary N) is 3. The second kappa shape index (κ2) is 5.97. The first-order valence-electron chi connectivity index (χ1n) is 7.21. The van der Waals surface area contributed by atoms with Crippen LogP contribution in [0.25, 0.3) is 11.0 Å². The van der Waals surface area contributed by atoms with Crippen molar-refractivity contribution in [1.29, 1.82) is 0 Å². The molecule has 1 heterocycles. The fourth-order valence-electron chi connectivity index (χ4n) is 2.93. The molecule has 1 saturated carbocycles. The van der Waals surface area contributed by atoms with Crippen molar-refractivity contribution in [2.24, 2.45) is 0 Å². The van der Waals surface area contributed by atoms with Crippen LogP contribution >= 0.6 is 11.8 Å². The minimum atomic E-state index is -0.252. The van der Waals surface area contributed by atoms with Gasteiger partial charge in [0.1, 0.15) is 0 Å². The molecule has 1 aliphatic carbocycles. The number of hydrogen-bond acceptors (Lipinski definition) is 3. The lowest BCUT2D eigenvalue weighted by Gasteiger charge is -2.28. The highest BCUT2D eigenvalue weighted by Gasteiger charge is 2.23. The number of aromatic amines is 2. The molecule has 6 heteroatoms. The van der Waals surface area contributed by atoms with Crippen molar-refractivity contribution in [3.63, 3.8) is 0 Å². The molecule has 1 aromatic carbocycles. The lowest BCUT2D eigenvalue weighted by molar-refractivity contribution is 0.0928. The fourth-order valence-corrected chi connectivity index (χ4v) is 3.76. The lowest BCUT2D eigenvalue weighted by Crippen LogP contribution is -2.39. The number of carbonyl (C=O) groups excluding carboxylic acids is 1. The number of H-pyrrole nitrogens is 2. The van der Waals surface area contributed by atoms with Gasteiger partial charge in [-0.05, 0) is 43.7 Å². The van der Waals surface area contributed by atoms with E-state index >= 15 is 0 Å². The minimum Gasteiger partial charge on any atom is -0.349 e. The highest BCUT2D eigenvalue weighted by molar-refractivity contribution is 7.99. The van der Waals surface area contributed by atoms with Crippen LogP contribution in [0.2, 0.25) is 0 Å². The molecule has 0 radical (unpaired) electrons. The quantitative estimate of drug-likeness (QED) is 0.814. The first-order chi connectivity index (χ1) is 10.2. The van der Waals surface area contributed by atoms with Crippen molar-refractivity contribution < 1.29 is 4.79 Å². The van der Waals surface area contributed by atoms with Crippen molar-refractivity contribution in [2.75, 3.05) is 6.26 Å². The highest BCUT2D eigenvalue weighted by Crippen LogP contribution is 2.27. The van der Waals surface area contributed by atoms with E-state index in [1.807, 2.05) is 11.8 Å². The van der Waals surface area contributed by atoms with Crippen LogP contribution in [0.15, 0.2) is 23.0 Å². The third-order valence-corrected chi connectivity index (χ3v) is 5.17. The van der Waals surface area contributed by atoms with Crippen LogP contribution < -0.4 is 11.0 Å². The zero-order valence-electron chi connectivity index (χ0n) is 11.9. The molecule has 0 unspecified atom stereocenters. The predicted molar refractivity (Wildman–Crippen MR) is 85.9 cm³/mol. The topological polar surface area (TPSA) is 77.8 Å². The van der Waals surface area contributed by atoms with Gasteiger partial charge in [-0.15, -0.1) is 0 Å². The average molecular weight is 305 g/mol. The summed E-state index contributed by atoms with van der Waals surface area (Å²) in [6.07, 6.45) is 6.62. The largest absolute Gasteiger partial charge is 0.349 e. The van der Waals surface area contributed by atoms with Crippen LogP contribution in [0.3, 0.4) is 0 Å². The van der Waals surface area contributed by atoms with Gasteiger partial charge in [-0.2, -0.15) is 11.8 Å². The third-order valence-electron chi connectivity index (χ3n) is 4.07. The van der Waals surface area contributed by atoms with E-state index in [0.29, 0.717) is 16.3 Å². The van der Waals surface area contributed by atoms with Crippen molar-refractivity contribution in [2.45, 2.75) is 37.0 Å². The zero-order valence-corrected chi connectivity index (χ0v) is 12.8. The predicted octanol–water partition coefficient (Wildman–Crippen LogP) is 2.26. The molecule has 1 amide bonds. The van der Waals surface area contributed by atoms with E-state index in [0.717, 1.165) is 18.4 Å².